The quantitative estimate of drug-likeness (QED) is 0.607. The summed E-state index contributed by atoms with van der Waals surface area (Å²) in [5.74, 6) is -0.687. The third-order valence-corrected chi connectivity index (χ3v) is 5.62. The molecule has 1 aliphatic heterocycles. The van der Waals surface area contributed by atoms with E-state index in [1.54, 1.807) is 54.9 Å². The Morgan fingerprint density at radius 3 is 2.90 bits per heavy atom. The second-order valence-electron chi connectivity index (χ2n) is 6.25. The van der Waals surface area contributed by atoms with E-state index in [4.69, 9.17) is 11.6 Å². The zero-order chi connectivity index (χ0) is 20.4. The normalized spacial score (nSPS) is 15.5. The Morgan fingerprint density at radius 2 is 2.07 bits per heavy atom. The van der Waals surface area contributed by atoms with Crippen molar-refractivity contribution in [3.05, 3.63) is 69.8 Å². The summed E-state index contributed by atoms with van der Waals surface area (Å²) in [7, 11) is 0. The molecule has 1 aromatic heterocycles. The first-order valence-corrected chi connectivity index (χ1v) is 9.93. The summed E-state index contributed by atoms with van der Waals surface area (Å²) < 4.78 is 0. The van der Waals surface area contributed by atoms with Crippen LogP contribution in [0.2, 0.25) is 5.02 Å². The van der Waals surface area contributed by atoms with Crippen LogP contribution in [0, 0.1) is 0 Å². The van der Waals surface area contributed by atoms with E-state index in [1.807, 2.05) is 0 Å². The van der Waals surface area contributed by atoms with E-state index in [9.17, 15) is 14.4 Å². The van der Waals surface area contributed by atoms with E-state index < -0.39 is 5.91 Å². The number of aromatic nitrogens is 2. The number of carbonyl (C=O) groups excluding carboxylic acids is 3. The highest BCUT2D eigenvalue weighted by Crippen LogP contribution is 2.33. The molecule has 1 saturated heterocycles. The van der Waals surface area contributed by atoms with Crippen LogP contribution in [0.15, 0.2) is 53.7 Å². The number of hydrogen-bond donors (Lipinski definition) is 2. The van der Waals surface area contributed by atoms with Gasteiger partial charge >= 0.3 is 0 Å². The molecule has 146 valence electrons. The molecule has 0 unspecified atom stereocenters. The van der Waals surface area contributed by atoms with Crippen molar-refractivity contribution in [2.24, 2.45) is 0 Å². The predicted molar refractivity (Wildman–Crippen MR) is 113 cm³/mol. The Labute approximate surface area is 175 Å². The molecule has 0 atom stereocenters. The number of H-pyrrole nitrogens is 1. The largest absolute Gasteiger partial charge is 0.350 e. The average molecular weight is 427 g/mol. The number of nitrogens with zero attached hydrogens (tertiary/aromatic N) is 2. The number of aromatic amines is 1. The van der Waals surface area contributed by atoms with Gasteiger partial charge in [0.25, 0.3) is 17.1 Å². The molecule has 7 nitrogen and oxygen atoms in total. The molecule has 0 aliphatic carbocycles. The smallest absolute Gasteiger partial charge is 0.293 e. The molecular weight excluding hydrogens is 412 g/mol. The van der Waals surface area contributed by atoms with Crippen molar-refractivity contribution in [3.63, 3.8) is 0 Å². The second kappa shape index (κ2) is 8.10. The Kier molecular flexibility index (Phi) is 5.37. The molecule has 0 bridgehead atoms. The number of rotatable bonds is 5. The maximum atomic E-state index is 12.5. The van der Waals surface area contributed by atoms with Crippen molar-refractivity contribution in [1.82, 2.24) is 20.2 Å². The van der Waals surface area contributed by atoms with E-state index in [2.05, 4.69) is 15.3 Å². The molecule has 2 heterocycles. The van der Waals surface area contributed by atoms with Gasteiger partial charge in [-0.2, -0.15) is 0 Å². The van der Waals surface area contributed by atoms with Crippen LogP contribution in [0.3, 0.4) is 0 Å². The monoisotopic (exact) mass is 426 g/mol. The number of imidazole rings is 1. The van der Waals surface area contributed by atoms with Crippen LogP contribution < -0.4 is 5.32 Å². The highest BCUT2D eigenvalue weighted by molar-refractivity contribution is 8.18. The third kappa shape index (κ3) is 4.03. The number of carbonyl (C=O) groups is 3. The Morgan fingerprint density at radius 1 is 1.24 bits per heavy atom. The zero-order valence-corrected chi connectivity index (χ0v) is 16.6. The fraction of sp³-hybridized carbons (Fsp3) is 0.100. The Balaban J connectivity index is 1.38. The van der Waals surface area contributed by atoms with Gasteiger partial charge in [-0.25, -0.2) is 4.98 Å². The molecule has 0 saturated carbocycles. The summed E-state index contributed by atoms with van der Waals surface area (Å²) in [6.45, 7) is 0.236. The molecule has 0 radical (unpaired) electrons. The zero-order valence-electron chi connectivity index (χ0n) is 15.0. The standard InChI is InChI=1S/C20H15ClN4O3S/c21-14-4-2-1-3-12(14)10-17-19(27)25(20(28)29-17)8-7-22-18(26)13-5-6-15-16(9-13)24-11-23-15/h1-6,9-11H,7-8H2,(H,22,26)(H,23,24)/b17-10+. The van der Waals surface area contributed by atoms with Crippen LogP contribution in [0.5, 0.6) is 0 Å². The maximum Gasteiger partial charge on any atom is 0.293 e. The lowest BCUT2D eigenvalue weighted by molar-refractivity contribution is -0.122. The average Bonchev–Trinajstić information content (AvgIpc) is 3.28. The number of halogens is 1. The summed E-state index contributed by atoms with van der Waals surface area (Å²) in [6.07, 6.45) is 3.16. The summed E-state index contributed by atoms with van der Waals surface area (Å²) in [5, 5.41) is 2.86. The van der Waals surface area contributed by atoms with E-state index in [0.717, 1.165) is 27.7 Å². The topological polar surface area (TPSA) is 95.2 Å². The summed E-state index contributed by atoms with van der Waals surface area (Å²) in [4.78, 5) is 45.5. The summed E-state index contributed by atoms with van der Waals surface area (Å²) in [5.41, 5.74) is 2.66. The first kappa shape index (κ1) is 19.2. The Bertz CT molecular complexity index is 1160. The van der Waals surface area contributed by atoms with E-state index in [0.29, 0.717) is 21.1 Å². The molecule has 29 heavy (non-hydrogen) atoms. The molecule has 2 aromatic carbocycles. The fourth-order valence-corrected chi connectivity index (χ4v) is 3.93. The fourth-order valence-electron chi connectivity index (χ4n) is 2.89. The van der Waals surface area contributed by atoms with Crippen LogP contribution >= 0.6 is 23.4 Å². The van der Waals surface area contributed by atoms with Crippen molar-refractivity contribution >= 4 is 57.5 Å². The number of thioether (sulfide) groups is 1. The third-order valence-electron chi connectivity index (χ3n) is 4.37. The van der Waals surface area contributed by atoms with Gasteiger partial charge in [0, 0.05) is 23.7 Å². The van der Waals surface area contributed by atoms with Gasteiger partial charge in [0.05, 0.1) is 22.3 Å². The number of imide groups is 1. The van der Waals surface area contributed by atoms with Crippen molar-refractivity contribution in [1.29, 1.82) is 0 Å². The molecular formula is C20H15ClN4O3S. The number of fused-ring (bicyclic) bond motifs is 1. The van der Waals surface area contributed by atoms with Gasteiger partial charge in [0.2, 0.25) is 0 Å². The Hall–Kier alpha value is -3.10. The molecule has 0 spiro atoms. The molecule has 4 rings (SSSR count). The number of hydrogen-bond acceptors (Lipinski definition) is 5. The molecule has 3 aromatic rings. The predicted octanol–water partition coefficient (Wildman–Crippen LogP) is 3.68. The summed E-state index contributed by atoms with van der Waals surface area (Å²) >= 11 is 6.97. The van der Waals surface area contributed by atoms with Gasteiger partial charge in [-0.05, 0) is 47.7 Å². The SMILES string of the molecule is O=C(NCCN1C(=O)S/C(=C/c2ccccc2Cl)C1=O)c1ccc2nc[nH]c2c1. The minimum atomic E-state index is -0.395. The lowest BCUT2D eigenvalue weighted by Gasteiger charge is -2.13. The highest BCUT2D eigenvalue weighted by atomic mass is 35.5. The van der Waals surface area contributed by atoms with E-state index in [1.165, 1.54) is 0 Å². The molecule has 1 aliphatic rings. The molecule has 1 fully saturated rings. The molecule has 9 heteroatoms. The van der Waals surface area contributed by atoms with Crippen LogP contribution in [0.4, 0.5) is 4.79 Å². The number of nitrogens with one attached hydrogen (secondary N) is 2. The van der Waals surface area contributed by atoms with Crippen LogP contribution in [0.25, 0.3) is 17.1 Å². The van der Waals surface area contributed by atoms with Gasteiger partial charge in [-0.1, -0.05) is 29.8 Å². The van der Waals surface area contributed by atoms with E-state index in [-0.39, 0.29) is 24.2 Å². The number of benzene rings is 2. The molecule has 2 N–H and O–H groups in total. The van der Waals surface area contributed by atoms with Crippen molar-refractivity contribution in [2.75, 3.05) is 13.1 Å². The minimum absolute atomic E-state index is 0.0859. The van der Waals surface area contributed by atoms with Gasteiger partial charge in [0.15, 0.2) is 0 Å². The van der Waals surface area contributed by atoms with Crippen LogP contribution in [0.1, 0.15) is 15.9 Å². The lowest BCUT2D eigenvalue weighted by atomic mass is 10.2. The van der Waals surface area contributed by atoms with Crippen molar-refractivity contribution < 1.29 is 14.4 Å². The lowest BCUT2D eigenvalue weighted by Crippen LogP contribution is -2.37. The second-order valence-corrected chi connectivity index (χ2v) is 7.65. The van der Waals surface area contributed by atoms with Gasteiger partial charge in [0.1, 0.15) is 0 Å². The van der Waals surface area contributed by atoms with Crippen LogP contribution in [-0.4, -0.2) is 45.0 Å². The van der Waals surface area contributed by atoms with E-state index >= 15 is 0 Å². The maximum absolute atomic E-state index is 12.5. The highest BCUT2D eigenvalue weighted by Gasteiger charge is 2.34. The summed E-state index contributed by atoms with van der Waals surface area (Å²) in [6, 6.07) is 12.2. The van der Waals surface area contributed by atoms with Crippen molar-refractivity contribution in [3.8, 4) is 0 Å². The first-order chi connectivity index (χ1) is 14.0. The minimum Gasteiger partial charge on any atom is -0.350 e. The van der Waals surface area contributed by atoms with Gasteiger partial charge in [-0.15, -0.1) is 0 Å². The van der Waals surface area contributed by atoms with Gasteiger partial charge < -0.3 is 10.3 Å². The van der Waals surface area contributed by atoms with Crippen LogP contribution in [-0.2, 0) is 4.79 Å². The van der Waals surface area contributed by atoms with Gasteiger partial charge in [-0.3, -0.25) is 19.3 Å². The van der Waals surface area contributed by atoms with Crippen molar-refractivity contribution in [2.45, 2.75) is 0 Å². The first-order valence-electron chi connectivity index (χ1n) is 8.74. The number of amides is 3. The molecule has 3 amide bonds.